The molecule has 2 aromatic rings. The number of halogens is 2. The van der Waals surface area contributed by atoms with Crippen molar-refractivity contribution in [1.82, 2.24) is 10.2 Å². The Bertz CT molecular complexity index is 818. The van der Waals surface area contributed by atoms with Crippen LogP contribution in [0.4, 0.5) is 0 Å². The number of carbonyl (C=O) groups excluding carboxylic acids is 2. The van der Waals surface area contributed by atoms with Gasteiger partial charge in [0.25, 0.3) is 0 Å². The Balaban J connectivity index is 2.21. The van der Waals surface area contributed by atoms with Gasteiger partial charge in [-0.1, -0.05) is 61.3 Å². The average molecular weight is 453 g/mol. The Morgan fingerprint density at radius 2 is 1.79 bits per heavy atom. The molecule has 0 spiro atoms. The molecule has 0 saturated heterocycles. The van der Waals surface area contributed by atoms with Crippen LogP contribution in [0.25, 0.3) is 0 Å². The van der Waals surface area contributed by atoms with Crippen LogP contribution in [0.15, 0.2) is 53.4 Å². The lowest BCUT2D eigenvalue weighted by Crippen LogP contribution is -2.49. The molecule has 0 aliphatic carbocycles. The highest BCUT2D eigenvalue weighted by molar-refractivity contribution is 8.00. The Morgan fingerprint density at radius 1 is 1.07 bits per heavy atom. The van der Waals surface area contributed by atoms with Gasteiger partial charge in [-0.05, 0) is 42.7 Å². The number of thioether (sulfide) groups is 1. The molecule has 2 amide bonds. The minimum atomic E-state index is -0.542. The number of nitrogens with one attached hydrogen (secondary N) is 1. The van der Waals surface area contributed by atoms with Crippen LogP contribution in [-0.4, -0.2) is 35.1 Å². The summed E-state index contributed by atoms with van der Waals surface area (Å²) in [5.74, 6) is 0.0268. The van der Waals surface area contributed by atoms with Crippen molar-refractivity contribution in [3.05, 3.63) is 64.1 Å². The summed E-state index contributed by atoms with van der Waals surface area (Å²) in [6.45, 7) is 4.79. The molecule has 0 radical (unpaired) electrons. The van der Waals surface area contributed by atoms with Crippen molar-refractivity contribution in [2.24, 2.45) is 0 Å². The lowest BCUT2D eigenvalue weighted by atomic mass is 10.1. The minimum Gasteiger partial charge on any atom is -0.354 e. The van der Waals surface area contributed by atoms with E-state index in [4.69, 9.17) is 23.2 Å². The standard InChI is InChI=1S/C22H26Cl2N2O2S/c1-3-12-25-22(28)20(4-2)26(14-16-10-11-18(23)19(24)13-16)21(27)15-29-17-8-6-5-7-9-17/h5-11,13,20H,3-4,12,14-15H2,1-2H3,(H,25,28)/t20-/m1/s1. The van der Waals surface area contributed by atoms with Crippen molar-refractivity contribution in [1.29, 1.82) is 0 Å². The molecule has 2 rings (SSSR count). The third-order valence-electron chi connectivity index (χ3n) is 4.38. The van der Waals surface area contributed by atoms with Crippen LogP contribution in [0.5, 0.6) is 0 Å². The molecule has 0 bridgehead atoms. The quantitative estimate of drug-likeness (QED) is 0.489. The van der Waals surface area contributed by atoms with Crippen LogP contribution in [0.1, 0.15) is 32.3 Å². The zero-order chi connectivity index (χ0) is 21.2. The maximum absolute atomic E-state index is 13.1. The number of carbonyl (C=O) groups is 2. The maximum atomic E-state index is 13.1. The first-order valence-electron chi connectivity index (χ1n) is 9.65. The monoisotopic (exact) mass is 452 g/mol. The predicted molar refractivity (Wildman–Crippen MR) is 122 cm³/mol. The molecule has 2 aromatic carbocycles. The normalized spacial score (nSPS) is 11.7. The highest BCUT2D eigenvalue weighted by Crippen LogP contribution is 2.25. The molecule has 0 aliphatic rings. The summed E-state index contributed by atoms with van der Waals surface area (Å²) in [6, 6.07) is 14.5. The molecule has 4 nitrogen and oxygen atoms in total. The molecule has 0 fully saturated rings. The van der Waals surface area contributed by atoms with Gasteiger partial charge in [0.2, 0.25) is 11.8 Å². The first kappa shape index (κ1) is 23.6. The van der Waals surface area contributed by atoms with Crippen molar-refractivity contribution in [3.63, 3.8) is 0 Å². The van der Waals surface area contributed by atoms with Gasteiger partial charge in [-0.15, -0.1) is 11.8 Å². The Morgan fingerprint density at radius 3 is 2.41 bits per heavy atom. The van der Waals surface area contributed by atoms with Crippen molar-refractivity contribution >= 4 is 46.8 Å². The zero-order valence-electron chi connectivity index (χ0n) is 16.7. The second kappa shape index (κ2) is 12.1. The van der Waals surface area contributed by atoms with Gasteiger partial charge in [0.1, 0.15) is 6.04 Å². The van der Waals surface area contributed by atoms with Gasteiger partial charge in [-0.25, -0.2) is 0 Å². The molecule has 0 heterocycles. The van der Waals surface area contributed by atoms with Gasteiger partial charge in [0.15, 0.2) is 0 Å². The number of benzene rings is 2. The summed E-state index contributed by atoms with van der Waals surface area (Å²) >= 11 is 13.6. The fourth-order valence-electron chi connectivity index (χ4n) is 2.86. The van der Waals surface area contributed by atoms with E-state index in [1.54, 1.807) is 17.0 Å². The lowest BCUT2D eigenvalue weighted by Gasteiger charge is -2.30. The summed E-state index contributed by atoms with van der Waals surface area (Å²) in [7, 11) is 0. The number of nitrogens with zero attached hydrogens (tertiary/aromatic N) is 1. The third-order valence-corrected chi connectivity index (χ3v) is 6.11. The van der Waals surface area contributed by atoms with Crippen molar-refractivity contribution in [2.45, 2.75) is 44.2 Å². The molecule has 7 heteroatoms. The van der Waals surface area contributed by atoms with Crippen molar-refractivity contribution in [3.8, 4) is 0 Å². The fourth-order valence-corrected chi connectivity index (χ4v) is 3.99. The van der Waals surface area contributed by atoms with E-state index in [0.29, 0.717) is 29.6 Å². The summed E-state index contributed by atoms with van der Waals surface area (Å²) in [5, 5.41) is 3.80. The zero-order valence-corrected chi connectivity index (χ0v) is 19.0. The second-order valence-corrected chi connectivity index (χ2v) is 8.45. The smallest absolute Gasteiger partial charge is 0.242 e. The summed E-state index contributed by atoms with van der Waals surface area (Å²) in [4.78, 5) is 28.5. The number of rotatable bonds is 10. The van der Waals surface area contributed by atoms with E-state index in [0.717, 1.165) is 16.9 Å². The minimum absolute atomic E-state index is 0.0941. The van der Waals surface area contributed by atoms with Gasteiger partial charge in [0, 0.05) is 18.0 Å². The topological polar surface area (TPSA) is 49.4 Å². The van der Waals surface area contributed by atoms with Crippen LogP contribution in [0.2, 0.25) is 10.0 Å². The van der Waals surface area contributed by atoms with E-state index in [1.807, 2.05) is 50.2 Å². The van der Waals surface area contributed by atoms with E-state index in [1.165, 1.54) is 11.8 Å². The fraction of sp³-hybridized carbons (Fsp3) is 0.364. The molecule has 0 unspecified atom stereocenters. The number of amides is 2. The third kappa shape index (κ3) is 7.25. The van der Waals surface area contributed by atoms with Crippen LogP contribution in [-0.2, 0) is 16.1 Å². The van der Waals surface area contributed by atoms with E-state index in [2.05, 4.69) is 5.32 Å². The van der Waals surface area contributed by atoms with E-state index >= 15 is 0 Å². The Hall–Kier alpha value is -1.69. The average Bonchev–Trinajstić information content (AvgIpc) is 2.73. The largest absolute Gasteiger partial charge is 0.354 e. The van der Waals surface area contributed by atoms with Crippen LogP contribution < -0.4 is 5.32 Å². The van der Waals surface area contributed by atoms with Crippen LogP contribution >= 0.6 is 35.0 Å². The lowest BCUT2D eigenvalue weighted by molar-refractivity contribution is -0.139. The molecule has 29 heavy (non-hydrogen) atoms. The second-order valence-electron chi connectivity index (χ2n) is 6.59. The van der Waals surface area contributed by atoms with Gasteiger partial charge in [-0.3, -0.25) is 9.59 Å². The first-order chi connectivity index (χ1) is 14.0. The molecule has 1 N–H and O–H groups in total. The molecular weight excluding hydrogens is 427 g/mol. The van der Waals surface area contributed by atoms with Crippen molar-refractivity contribution in [2.75, 3.05) is 12.3 Å². The predicted octanol–water partition coefficient (Wildman–Crippen LogP) is 5.42. The molecular formula is C22H26Cl2N2O2S. The maximum Gasteiger partial charge on any atom is 0.242 e. The number of hydrogen-bond acceptors (Lipinski definition) is 3. The van der Waals surface area contributed by atoms with Crippen LogP contribution in [0.3, 0.4) is 0 Å². The Labute approximate surface area is 187 Å². The van der Waals surface area contributed by atoms with Gasteiger partial charge >= 0.3 is 0 Å². The van der Waals surface area contributed by atoms with E-state index < -0.39 is 6.04 Å². The van der Waals surface area contributed by atoms with Gasteiger partial charge < -0.3 is 10.2 Å². The van der Waals surface area contributed by atoms with Gasteiger partial charge in [-0.2, -0.15) is 0 Å². The molecule has 0 saturated carbocycles. The molecule has 1 atom stereocenters. The summed E-state index contributed by atoms with van der Waals surface area (Å²) < 4.78 is 0. The number of hydrogen-bond donors (Lipinski definition) is 1. The van der Waals surface area contributed by atoms with Crippen LogP contribution in [0, 0.1) is 0 Å². The highest BCUT2D eigenvalue weighted by atomic mass is 35.5. The molecule has 156 valence electrons. The summed E-state index contributed by atoms with van der Waals surface area (Å²) in [6.07, 6.45) is 1.37. The van der Waals surface area contributed by atoms with E-state index in [9.17, 15) is 9.59 Å². The summed E-state index contributed by atoms with van der Waals surface area (Å²) in [5.41, 5.74) is 0.833. The molecule has 0 aliphatic heterocycles. The first-order valence-corrected chi connectivity index (χ1v) is 11.4. The van der Waals surface area contributed by atoms with E-state index in [-0.39, 0.29) is 17.6 Å². The Kier molecular flexibility index (Phi) is 9.85. The molecule has 0 aromatic heterocycles. The highest BCUT2D eigenvalue weighted by Gasteiger charge is 2.28. The SMILES string of the molecule is CCCNC(=O)[C@@H](CC)N(Cc1ccc(Cl)c(Cl)c1)C(=O)CSc1ccccc1. The van der Waals surface area contributed by atoms with Gasteiger partial charge in [0.05, 0.1) is 15.8 Å². The van der Waals surface area contributed by atoms with Crippen molar-refractivity contribution < 1.29 is 9.59 Å².